The largest absolute Gasteiger partial charge is 0.416 e. The van der Waals surface area contributed by atoms with Gasteiger partial charge in [0.25, 0.3) is 0 Å². The maximum Gasteiger partial charge on any atom is 0.416 e. The maximum absolute atomic E-state index is 13.7. The number of hydrogen-bond acceptors (Lipinski definition) is 5. The van der Waals surface area contributed by atoms with Gasteiger partial charge in [-0.3, -0.25) is 4.79 Å². The summed E-state index contributed by atoms with van der Waals surface area (Å²) in [7, 11) is -4.52. The lowest BCUT2D eigenvalue weighted by Crippen LogP contribution is -2.21. The second-order valence-corrected chi connectivity index (χ2v) is 8.47. The van der Waals surface area contributed by atoms with Gasteiger partial charge in [0, 0.05) is 17.2 Å². The molecule has 0 aliphatic rings. The Labute approximate surface area is 195 Å². The molecular formula is C22H14F6N2O4S. The number of nitrogens with one attached hydrogen (secondary N) is 1. The normalized spacial score (nSPS) is 12.1. The Hall–Kier alpha value is -3.87. The third-order valence-electron chi connectivity index (χ3n) is 4.40. The molecule has 0 fully saturated rings. The average molecular weight is 516 g/mol. The Morgan fingerprint density at radius 2 is 1.66 bits per heavy atom. The number of amides is 1. The Balaban J connectivity index is 1.72. The van der Waals surface area contributed by atoms with Crippen LogP contribution < -0.4 is 9.61 Å². The van der Waals surface area contributed by atoms with E-state index in [4.69, 9.17) is 4.18 Å². The summed E-state index contributed by atoms with van der Waals surface area (Å²) < 4.78 is 108. The van der Waals surface area contributed by atoms with E-state index < -0.39 is 62.1 Å². The Kier molecular flexibility index (Phi) is 7.48. The molecule has 35 heavy (non-hydrogen) atoms. The van der Waals surface area contributed by atoms with Crippen molar-refractivity contribution in [3.8, 4) is 5.75 Å². The van der Waals surface area contributed by atoms with Gasteiger partial charge in [0.1, 0.15) is 10.7 Å². The van der Waals surface area contributed by atoms with Crippen molar-refractivity contribution in [1.82, 2.24) is 5.43 Å². The number of halogens is 6. The van der Waals surface area contributed by atoms with Crippen LogP contribution in [0.25, 0.3) is 0 Å². The summed E-state index contributed by atoms with van der Waals surface area (Å²) in [5.74, 6) is -5.12. The quantitative estimate of drug-likeness (QED) is 0.164. The summed E-state index contributed by atoms with van der Waals surface area (Å²) in [5.41, 5.74) is 0.461. The molecule has 1 N–H and O–H groups in total. The van der Waals surface area contributed by atoms with Crippen LogP contribution in [-0.2, 0) is 27.5 Å². The summed E-state index contributed by atoms with van der Waals surface area (Å²) in [6, 6.07) is 9.11. The Morgan fingerprint density at radius 1 is 1.00 bits per heavy atom. The fourth-order valence-corrected chi connectivity index (χ4v) is 3.72. The molecule has 0 heterocycles. The number of carbonyl (C=O) groups excluding carboxylic acids is 1. The fourth-order valence-electron chi connectivity index (χ4n) is 2.76. The maximum atomic E-state index is 13.7. The first-order valence-electron chi connectivity index (χ1n) is 9.53. The first-order valence-corrected chi connectivity index (χ1v) is 10.9. The van der Waals surface area contributed by atoms with Crippen LogP contribution in [0.1, 0.15) is 16.7 Å². The molecule has 1 amide bonds. The van der Waals surface area contributed by atoms with Crippen LogP contribution in [0.3, 0.4) is 0 Å². The van der Waals surface area contributed by atoms with Crippen molar-refractivity contribution in [2.24, 2.45) is 5.10 Å². The number of para-hydroxylation sites is 1. The third kappa shape index (κ3) is 6.59. The molecule has 0 saturated heterocycles. The predicted molar refractivity (Wildman–Crippen MR) is 111 cm³/mol. The number of nitrogens with zero attached hydrogens (tertiary/aromatic N) is 1. The summed E-state index contributed by atoms with van der Waals surface area (Å²) in [6.45, 7) is 0. The molecular weight excluding hydrogens is 502 g/mol. The van der Waals surface area contributed by atoms with Crippen LogP contribution in [0, 0.1) is 17.5 Å². The molecule has 3 aromatic rings. The van der Waals surface area contributed by atoms with Crippen LogP contribution >= 0.6 is 0 Å². The van der Waals surface area contributed by atoms with Crippen molar-refractivity contribution in [3.05, 3.63) is 94.8 Å². The molecule has 6 nitrogen and oxygen atoms in total. The lowest BCUT2D eigenvalue weighted by Gasteiger charge is -2.11. The lowest BCUT2D eigenvalue weighted by molar-refractivity contribution is -0.137. The minimum atomic E-state index is -4.65. The van der Waals surface area contributed by atoms with E-state index in [1.165, 1.54) is 24.3 Å². The van der Waals surface area contributed by atoms with Crippen molar-refractivity contribution in [3.63, 3.8) is 0 Å². The van der Waals surface area contributed by atoms with E-state index in [0.717, 1.165) is 18.3 Å². The van der Waals surface area contributed by atoms with Crippen molar-refractivity contribution in [2.75, 3.05) is 0 Å². The number of hydrogen-bond donors (Lipinski definition) is 1. The zero-order valence-electron chi connectivity index (χ0n) is 17.3. The highest BCUT2D eigenvalue weighted by Crippen LogP contribution is 2.30. The van der Waals surface area contributed by atoms with Crippen molar-refractivity contribution in [1.29, 1.82) is 0 Å². The van der Waals surface area contributed by atoms with Gasteiger partial charge in [-0.2, -0.15) is 26.7 Å². The number of alkyl halides is 3. The second-order valence-electron chi connectivity index (χ2n) is 6.93. The van der Waals surface area contributed by atoms with Crippen LogP contribution in [0.4, 0.5) is 26.3 Å². The molecule has 0 unspecified atom stereocenters. The molecule has 0 radical (unpaired) electrons. The van der Waals surface area contributed by atoms with Gasteiger partial charge in [-0.05, 0) is 42.5 Å². The van der Waals surface area contributed by atoms with Gasteiger partial charge in [-0.25, -0.2) is 18.6 Å². The van der Waals surface area contributed by atoms with Gasteiger partial charge >= 0.3 is 16.3 Å². The smallest absolute Gasteiger partial charge is 0.378 e. The zero-order valence-corrected chi connectivity index (χ0v) is 18.1. The number of benzene rings is 3. The monoisotopic (exact) mass is 516 g/mol. The molecule has 13 heteroatoms. The van der Waals surface area contributed by atoms with E-state index in [2.05, 4.69) is 5.10 Å². The molecule has 0 bridgehead atoms. The number of carbonyl (C=O) groups is 1. The standard InChI is InChI=1S/C22H14F6N2O4S/c23-16-9-14(21(25)18(24)11-16)10-20(31)30-29-12-13-3-1-2-4-19(13)34-35(32,33)17-7-5-15(6-8-17)22(26,27)28/h1-9,11-12H,10H2,(H,30,31). The Morgan fingerprint density at radius 3 is 2.31 bits per heavy atom. The predicted octanol–water partition coefficient (Wildman–Crippen LogP) is 4.58. The highest BCUT2D eigenvalue weighted by atomic mass is 32.2. The molecule has 3 rings (SSSR count). The summed E-state index contributed by atoms with van der Waals surface area (Å²) >= 11 is 0. The first kappa shape index (κ1) is 25.7. The highest BCUT2D eigenvalue weighted by Gasteiger charge is 2.31. The van der Waals surface area contributed by atoms with Crippen molar-refractivity contribution >= 4 is 22.2 Å². The first-order chi connectivity index (χ1) is 16.4. The van der Waals surface area contributed by atoms with Crippen LogP contribution in [0.15, 0.2) is 70.7 Å². The van der Waals surface area contributed by atoms with Gasteiger partial charge in [-0.15, -0.1) is 0 Å². The van der Waals surface area contributed by atoms with E-state index in [0.29, 0.717) is 24.3 Å². The summed E-state index contributed by atoms with van der Waals surface area (Å²) in [4.78, 5) is 11.4. The minimum Gasteiger partial charge on any atom is -0.378 e. The summed E-state index contributed by atoms with van der Waals surface area (Å²) in [6.07, 6.45) is -4.40. The van der Waals surface area contributed by atoms with Gasteiger partial charge in [0.15, 0.2) is 17.4 Å². The molecule has 0 atom stereocenters. The van der Waals surface area contributed by atoms with E-state index in [9.17, 15) is 39.6 Å². The molecule has 0 spiro atoms. The third-order valence-corrected chi connectivity index (χ3v) is 5.65. The number of rotatable bonds is 7. The summed E-state index contributed by atoms with van der Waals surface area (Å²) in [5, 5.41) is 3.58. The minimum absolute atomic E-state index is 0.0475. The average Bonchev–Trinajstić information content (AvgIpc) is 2.77. The van der Waals surface area contributed by atoms with E-state index >= 15 is 0 Å². The molecule has 184 valence electrons. The van der Waals surface area contributed by atoms with Crippen LogP contribution in [0.2, 0.25) is 0 Å². The van der Waals surface area contributed by atoms with E-state index in [-0.39, 0.29) is 11.3 Å². The van der Waals surface area contributed by atoms with Gasteiger partial charge < -0.3 is 4.18 Å². The molecule has 0 aromatic heterocycles. The molecule has 0 saturated carbocycles. The van der Waals surface area contributed by atoms with Crippen LogP contribution in [-0.4, -0.2) is 20.5 Å². The van der Waals surface area contributed by atoms with Gasteiger partial charge in [0.05, 0.1) is 18.2 Å². The molecule has 0 aliphatic carbocycles. The zero-order chi connectivity index (χ0) is 25.8. The van der Waals surface area contributed by atoms with Crippen molar-refractivity contribution in [2.45, 2.75) is 17.5 Å². The lowest BCUT2D eigenvalue weighted by atomic mass is 10.1. The topological polar surface area (TPSA) is 84.8 Å². The second kappa shape index (κ2) is 10.2. The van der Waals surface area contributed by atoms with Gasteiger partial charge in [0.2, 0.25) is 5.91 Å². The van der Waals surface area contributed by atoms with E-state index in [1.54, 1.807) is 0 Å². The van der Waals surface area contributed by atoms with E-state index in [1.807, 2.05) is 5.43 Å². The highest BCUT2D eigenvalue weighted by molar-refractivity contribution is 7.87. The molecule has 3 aromatic carbocycles. The van der Waals surface area contributed by atoms with Crippen molar-refractivity contribution < 1.29 is 43.7 Å². The molecule has 0 aliphatic heterocycles. The van der Waals surface area contributed by atoms with Crippen LogP contribution in [0.5, 0.6) is 5.75 Å². The number of hydrazone groups is 1. The fraction of sp³-hybridized carbons (Fsp3) is 0.0909. The SMILES string of the molecule is O=C(Cc1cc(F)cc(F)c1F)NN=Cc1ccccc1OS(=O)(=O)c1ccc(C(F)(F)F)cc1. The Bertz CT molecular complexity index is 1370. The van der Waals surface area contributed by atoms with Gasteiger partial charge in [-0.1, -0.05) is 12.1 Å².